The molecular weight excluding hydrogens is 372 g/mol. The van der Waals surface area contributed by atoms with Gasteiger partial charge in [0.25, 0.3) is 0 Å². The number of aryl methyl sites for hydroxylation is 1. The number of carbonyl (C=O) groups excluding carboxylic acids is 2. The van der Waals surface area contributed by atoms with Crippen molar-refractivity contribution in [2.75, 3.05) is 6.61 Å². The monoisotopic (exact) mass is 388 g/mol. The Morgan fingerprint density at radius 1 is 1.33 bits per heavy atom. The summed E-state index contributed by atoms with van der Waals surface area (Å²) >= 11 is 5.79. The molecule has 1 aromatic carbocycles. The number of carbonyl (C=O) groups is 2. The summed E-state index contributed by atoms with van der Waals surface area (Å²) in [6, 6.07) is 4.27. The number of aromatic nitrogens is 1. The van der Waals surface area contributed by atoms with Gasteiger partial charge in [-0.15, -0.1) is 0 Å². The van der Waals surface area contributed by atoms with Crippen LogP contribution in [0.3, 0.4) is 0 Å². The number of ether oxygens (including phenoxy) is 1. The van der Waals surface area contributed by atoms with Gasteiger partial charge in [0.05, 0.1) is 22.9 Å². The Morgan fingerprint density at radius 3 is 2.56 bits per heavy atom. The summed E-state index contributed by atoms with van der Waals surface area (Å²) in [5, 5.41) is 28.4. The molecule has 0 radical (unpaired) electrons. The SMILES string of the molecule is CCOC(=O)c1c(C)[nH]c(C(=O)/C(C#N)=C/c2cc(O)c(O)c(Cl)c2)c1C. The van der Waals surface area contributed by atoms with E-state index < -0.39 is 23.3 Å². The first-order chi connectivity index (χ1) is 12.7. The number of nitrogens with one attached hydrogen (secondary N) is 1. The molecule has 27 heavy (non-hydrogen) atoms. The lowest BCUT2D eigenvalue weighted by Crippen LogP contribution is -2.08. The molecule has 0 aliphatic rings. The fraction of sp³-hybridized carbons (Fsp3) is 0.211. The number of hydrogen-bond acceptors (Lipinski definition) is 6. The second-order valence-electron chi connectivity index (χ2n) is 5.71. The first kappa shape index (κ1) is 20.1. The summed E-state index contributed by atoms with van der Waals surface area (Å²) in [7, 11) is 0. The average Bonchev–Trinajstić information content (AvgIpc) is 2.91. The van der Waals surface area contributed by atoms with E-state index in [1.165, 1.54) is 18.2 Å². The molecule has 3 N–H and O–H groups in total. The van der Waals surface area contributed by atoms with Crippen LogP contribution in [0, 0.1) is 25.2 Å². The first-order valence-electron chi connectivity index (χ1n) is 7.95. The number of benzene rings is 1. The van der Waals surface area contributed by atoms with Gasteiger partial charge in [0.2, 0.25) is 5.78 Å². The number of ketones is 1. The van der Waals surface area contributed by atoms with Crippen molar-refractivity contribution in [2.45, 2.75) is 20.8 Å². The number of nitriles is 1. The zero-order chi connectivity index (χ0) is 20.3. The molecule has 1 aromatic heterocycles. The molecule has 0 amide bonds. The van der Waals surface area contributed by atoms with Gasteiger partial charge in [-0.05, 0) is 50.1 Å². The number of H-pyrrole nitrogens is 1. The summed E-state index contributed by atoms with van der Waals surface area (Å²) < 4.78 is 4.99. The molecule has 0 saturated heterocycles. The van der Waals surface area contributed by atoms with E-state index in [2.05, 4.69) is 4.98 Å². The van der Waals surface area contributed by atoms with Crippen molar-refractivity contribution in [1.82, 2.24) is 4.98 Å². The molecule has 0 atom stereocenters. The number of nitrogens with zero attached hydrogens (tertiary/aromatic N) is 1. The first-order valence-corrected chi connectivity index (χ1v) is 8.33. The molecule has 0 saturated carbocycles. The molecule has 140 valence electrons. The number of hydrogen-bond donors (Lipinski definition) is 3. The Labute approximate surface area is 160 Å². The summed E-state index contributed by atoms with van der Waals surface area (Å²) in [4.78, 5) is 27.7. The second-order valence-corrected chi connectivity index (χ2v) is 6.12. The second kappa shape index (κ2) is 7.98. The quantitative estimate of drug-likeness (QED) is 0.236. The fourth-order valence-electron chi connectivity index (χ4n) is 2.62. The number of Topliss-reactive ketones (excluding diaryl/α,β-unsaturated/α-hetero) is 1. The Kier molecular flexibility index (Phi) is 5.93. The highest BCUT2D eigenvalue weighted by Crippen LogP contribution is 2.34. The van der Waals surface area contributed by atoms with Crippen molar-refractivity contribution >= 4 is 29.4 Å². The summed E-state index contributed by atoms with van der Waals surface area (Å²) in [6.07, 6.45) is 1.23. The van der Waals surface area contributed by atoms with Crippen LogP contribution in [0.1, 0.15) is 44.6 Å². The van der Waals surface area contributed by atoms with E-state index in [0.29, 0.717) is 11.3 Å². The highest BCUT2D eigenvalue weighted by molar-refractivity contribution is 6.32. The molecule has 0 fully saturated rings. The summed E-state index contributed by atoms with van der Waals surface area (Å²) in [6.45, 7) is 5.08. The number of esters is 1. The van der Waals surface area contributed by atoms with E-state index in [4.69, 9.17) is 16.3 Å². The van der Waals surface area contributed by atoms with Gasteiger partial charge in [0.1, 0.15) is 11.6 Å². The van der Waals surface area contributed by atoms with Crippen molar-refractivity contribution in [2.24, 2.45) is 0 Å². The minimum Gasteiger partial charge on any atom is -0.504 e. The van der Waals surface area contributed by atoms with Crippen LogP contribution in [0.2, 0.25) is 5.02 Å². The van der Waals surface area contributed by atoms with Gasteiger partial charge in [-0.3, -0.25) is 4.79 Å². The third-order valence-electron chi connectivity index (χ3n) is 3.89. The highest BCUT2D eigenvalue weighted by Gasteiger charge is 2.24. The van der Waals surface area contributed by atoms with Crippen molar-refractivity contribution in [3.63, 3.8) is 0 Å². The molecule has 0 bridgehead atoms. The topological polar surface area (TPSA) is 123 Å². The maximum atomic E-state index is 12.8. The van der Waals surface area contributed by atoms with E-state index in [1.54, 1.807) is 26.8 Å². The smallest absolute Gasteiger partial charge is 0.340 e. The number of phenols is 2. The molecule has 8 heteroatoms. The predicted molar refractivity (Wildman–Crippen MR) is 98.9 cm³/mol. The minimum absolute atomic E-state index is 0.0949. The van der Waals surface area contributed by atoms with Crippen LogP contribution in [0.25, 0.3) is 6.08 Å². The Bertz CT molecular complexity index is 975. The summed E-state index contributed by atoms with van der Waals surface area (Å²) in [5.74, 6) is -2.15. The predicted octanol–water partition coefficient (Wildman–Crippen LogP) is 3.66. The number of aromatic amines is 1. The average molecular weight is 389 g/mol. The van der Waals surface area contributed by atoms with Crippen molar-refractivity contribution in [1.29, 1.82) is 5.26 Å². The molecular formula is C19H17ClN2O5. The number of aromatic hydroxyl groups is 2. The van der Waals surface area contributed by atoms with Crippen LogP contribution < -0.4 is 0 Å². The third-order valence-corrected chi connectivity index (χ3v) is 4.17. The van der Waals surface area contributed by atoms with Crippen LogP contribution in [0.15, 0.2) is 17.7 Å². The zero-order valence-electron chi connectivity index (χ0n) is 14.9. The van der Waals surface area contributed by atoms with Crippen molar-refractivity contribution in [3.05, 3.63) is 50.8 Å². The van der Waals surface area contributed by atoms with Crippen LogP contribution in [-0.2, 0) is 4.74 Å². The van der Waals surface area contributed by atoms with Gasteiger partial charge in [-0.2, -0.15) is 5.26 Å². The highest BCUT2D eigenvalue weighted by atomic mass is 35.5. The molecule has 7 nitrogen and oxygen atoms in total. The molecule has 2 rings (SSSR count). The number of rotatable bonds is 5. The van der Waals surface area contributed by atoms with Crippen molar-refractivity contribution in [3.8, 4) is 17.6 Å². The van der Waals surface area contributed by atoms with Gasteiger partial charge in [-0.1, -0.05) is 11.6 Å². The number of allylic oxidation sites excluding steroid dienone is 1. The molecule has 2 aromatic rings. The minimum atomic E-state index is -0.627. The largest absolute Gasteiger partial charge is 0.504 e. The molecule has 1 heterocycles. The van der Waals surface area contributed by atoms with Crippen molar-refractivity contribution < 1.29 is 24.5 Å². The van der Waals surface area contributed by atoms with Crippen LogP contribution in [-0.4, -0.2) is 33.6 Å². The van der Waals surface area contributed by atoms with E-state index in [0.717, 1.165) is 0 Å². The van der Waals surface area contributed by atoms with E-state index >= 15 is 0 Å². The molecule has 0 aliphatic heterocycles. The number of halogens is 1. The van der Waals surface area contributed by atoms with Gasteiger partial charge in [0, 0.05) is 5.69 Å². The molecule has 0 spiro atoms. The van der Waals surface area contributed by atoms with Gasteiger partial charge in [0.15, 0.2) is 11.5 Å². The number of phenolic OH excluding ortho intramolecular Hbond substituents is 2. The van der Waals surface area contributed by atoms with E-state index in [1.807, 2.05) is 0 Å². The van der Waals surface area contributed by atoms with Gasteiger partial charge >= 0.3 is 5.97 Å². The molecule has 0 aliphatic carbocycles. The van der Waals surface area contributed by atoms with Crippen LogP contribution in [0.4, 0.5) is 0 Å². The standard InChI is InChI=1S/C19H17ClN2O5/c1-4-27-19(26)15-9(2)16(22-10(15)3)17(24)12(8-21)5-11-6-13(20)18(25)14(23)7-11/h5-7,22-23,25H,4H2,1-3H3/b12-5+. The van der Waals surface area contributed by atoms with E-state index in [9.17, 15) is 25.1 Å². The lowest BCUT2D eigenvalue weighted by atomic mass is 10.0. The fourth-order valence-corrected chi connectivity index (χ4v) is 2.85. The van der Waals surface area contributed by atoms with Crippen LogP contribution in [0.5, 0.6) is 11.5 Å². The maximum absolute atomic E-state index is 12.8. The zero-order valence-corrected chi connectivity index (χ0v) is 15.6. The van der Waals surface area contributed by atoms with E-state index in [-0.39, 0.29) is 34.0 Å². The molecule has 0 unspecified atom stereocenters. The van der Waals surface area contributed by atoms with Gasteiger partial charge in [-0.25, -0.2) is 4.79 Å². The normalized spacial score (nSPS) is 11.1. The lowest BCUT2D eigenvalue weighted by Gasteiger charge is -2.04. The summed E-state index contributed by atoms with van der Waals surface area (Å²) in [5.41, 5.74) is 1.20. The van der Waals surface area contributed by atoms with Gasteiger partial charge < -0.3 is 19.9 Å². The Balaban J connectivity index is 2.48. The Morgan fingerprint density at radius 2 is 2.00 bits per heavy atom. The Hall–Kier alpha value is -3.24. The lowest BCUT2D eigenvalue weighted by molar-refractivity contribution is 0.0525. The van der Waals surface area contributed by atoms with Crippen LogP contribution >= 0.6 is 11.6 Å². The third kappa shape index (κ3) is 3.96. The maximum Gasteiger partial charge on any atom is 0.340 e.